The molecule has 3 fully saturated rings. The van der Waals surface area contributed by atoms with Gasteiger partial charge in [0, 0.05) is 5.92 Å². The molecule has 0 N–H and O–H groups in total. The zero-order valence-electron chi connectivity index (χ0n) is 17.7. The van der Waals surface area contributed by atoms with E-state index in [0.29, 0.717) is 24.4 Å². The lowest BCUT2D eigenvalue weighted by molar-refractivity contribution is -0.377. The standard InChI is InChI=1S/C21H38O5/c1-9-16-18(12(3)11(2)15(6)23-16)25-20-14(5)13(4)19-17(24-20)10-22-21(7,8)26-19/h11-20H,9-10H2,1-8H3/t11?,12?,13-,14?,15+,16+,17?,18-,19+,20-/m0/s1. The largest absolute Gasteiger partial charge is 0.372 e. The highest BCUT2D eigenvalue weighted by Gasteiger charge is 2.50. The number of hydrogen-bond donors (Lipinski definition) is 0. The van der Waals surface area contributed by atoms with Gasteiger partial charge in [-0.2, -0.15) is 0 Å². The summed E-state index contributed by atoms with van der Waals surface area (Å²) in [5.41, 5.74) is 0. The molecule has 0 spiro atoms. The van der Waals surface area contributed by atoms with Crippen LogP contribution in [0.3, 0.4) is 0 Å². The minimum absolute atomic E-state index is 0.0505. The van der Waals surface area contributed by atoms with Crippen molar-refractivity contribution >= 4 is 0 Å². The molecule has 3 heterocycles. The molecular formula is C21H38O5. The summed E-state index contributed by atoms with van der Waals surface area (Å²) in [7, 11) is 0. The van der Waals surface area contributed by atoms with Crippen LogP contribution in [0.4, 0.5) is 0 Å². The first kappa shape index (κ1) is 20.5. The van der Waals surface area contributed by atoms with Crippen LogP contribution in [0.2, 0.25) is 0 Å². The molecule has 0 radical (unpaired) electrons. The molecule has 152 valence electrons. The van der Waals surface area contributed by atoms with Gasteiger partial charge < -0.3 is 23.7 Å². The number of fused-ring (bicyclic) bond motifs is 1. The molecule has 0 amide bonds. The molecule has 5 heteroatoms. The van der Waals surface area contributed by atoms with E-state index in [4.69, 9.17) is 23.7 Å². The zero-order chi connectivity index (χ0) is 19.2. The Morgan fingerprint density at radius 2 is 1.62 bits per heavy atom. The second kappa shape index (κ2) is 7.67. The number of rotatable bonds is 3. The summed E-state index contributed by atoms with van der Waals surface area (Å²) < 4.78 is 31.2. The highest BCUT2D eigenvalue weighted by Crippen LogP contribution is 2.41. The van der Waals surface area contributed by atoms with Crippen molar-refractivity contribution in [1.82, 2.24) is 0 Å². The summed E-state index contributed by atoms with van der Waals surface area (Å²) in [6.45, 7) is 17.8. The fourth-order valence-electron chi connectivity index (χ4n) is 4.61. The summed E-state index contributed by atoms with van der Waals surface area (Å²) in [5, 5.41) is 0. The van der Waals surface area contributed by atoms with Gasteiger partial charge >= 0.3 is 0 Å². The van der Waals surface area contributed by atoms with Gasteiger partial charge in [0.25, 0.3) is 0 Å². The van der Waals surface area contributed by atoms with Gasteiger partial charge in [0.05, 0.1) is 31.0 Å². The topological polar surface area (TPSA) is 46.2 Å². The van der Waals surface area contributed by atoms with Crippen LogP contribution in [0.15, 0.2) is 0 Å². The van der Waals surface area contributed by atoms with E-state index in [1.54, 1.807) is 0 Å². The van der Waals surface area contributed by atoms with Crippen LogP contribution >= 0.6 is 0 Å². The van der Waals surface area contributed by atoms with Crippen molar-refractivity contribution in [2.45, 2.75) is 104 Å². The van der Waals surface area contributed by atoms with Crippen LogP contribution in [-0.2, 0) is 23.7 Å². The van der Waals surface area contributed by atoms with Gasteiger partial charge in [-0.05, 0) is 44.9 Å². The van der Waals surface area contributed by atoms with Crippen LogP contribution < -0.4 is 0 Å². The van der Waals surface area contributed by atoms with Crippen molar-refractivity contribution in [3.63, 3.8) is 0 Å². The van der Waals surface area contributed by atoms with Gasteiger partial charge in [-0.1, -0.05) is 34.6 Å². The Morgan fingerprint density at radius 1 is 0.923 bits per heavy atom. The molecular weight excluding hydrogens is 332 g/mol. The Morgan fingerprint density at radius 3 is 2.27 bits per heavy atom. The SMILES string of the molecule is CC[C@H]1O[C@H](C)C(C)C(C)[C@@H]1O[C@@H]1OC2COC(C)(C)O[C@@H]2[C@@H](C)C1C. The Balaban J connectivity index is 1.71. The fourth-order valence-corrected chi connectivity index (χ4v) is 4.61. The predicted molar refractivity (Wildman–Crippen MR) is 99.7 cm³/mol. The Hall–Kier alpha value is -0.200. The number of ether oxygens (including phenoxy) is 5. The van der Waals surface area contributed by atoms with E-state index < -0.39 is 5.79 Å². The van der Waals surface area contributed by atoms with E-state index in [2.05, 4.69) is 41.5 Å². The molecule has 10 atom stereocenters. The molecule has 5 nitrogen and oxygen atoms in total. The van der Waals surface area contributed by atoms with E-state index >= 15 is 0 Å². The second-order valence-electron chi connectivity index (χ2n) is 9.16. The lowest BCUT2D eigenvalue weighted by atomic mass is 9.80. The summed E-state index contributed by atoms with van der Waals surface area (Å²) in [4.78, 5) is 0. The van der Waals surface area contributed by atoms with Gasteiger partial charge in [0.15, 0.2) is 12.1 Å². The van der Waals surface area contributed by atoms with E-state index in [-0.39, 0.29) is 42.7 Å². The molecule has 3 saturated heterocycles. The van der Waals surface area contributed by atoms with Crippen LogP contribution in [0, 0.1) is 23.7 Å². The van der Waals surface area contributed by atoms with Crippen molar-refractivity contribution in [2.75, 3.05) is 6.61 Å². The number of hydrogen-bond acceptors (Lipinski definition) is 5. The smallest absolute Gasteiger partial charge is 0.163 e. The van der Waals surface area contributed by atoms with Crippen LogP contribution in [0.5, 0.6) is 0 Å². The third kappa shape index (κ3) is 3.83. The minimum atomic E-state index is -0.545. The predicted octanol–water partition coefficient (Wildman–Crippen LogP) is 3.99. The summed E-state index contributed by atoms with van der Waals surface area (Å²) in [6.07, 6.45) is 1.14. The molecule has 0 saturated carbocycles. The van der Waals surface area contributed by atoms with Crippen molar-refractivity contribution in [3.8, 4) is 0 Å². The summed E-state index contributed by atoms with van der Waals surface area (Å²) in [5.74, 6) is 0.957. The molecule has 0 aromatic rings. The molecule has 0 bridgehead atoms. The Bertz CT molecular complexity index is 477. The molecule has 0 aromatic carbocycles. The van der Waals surface area contributed by atoms with Gasteiger partial charge in [-0.3, -0.25) is 0 Å². The van der Waals surface area contributed by atoms with E-state index in [1.807, 2.05) is 13.8 Å². The maximum absolute atomic E-state index is 6.59. The average molecular weight is 371 g/mol. The average Bonchev–Trinajstić information content (AvgIpc) is 2.59. The van der Waals surface area contributed by atoms with Crippen molar-refractivity contribution in [1.29, 1.82) is 0 Å². The van der Waals surface area contributed by atoms with Gasteiger partial charge in [0.2, 0.25) is 0 Å². The lowest BCUT2D eigenvalue weighted by Gasteiger charge is -2.52. The molecule has 0 aromatic heterocycles. The highest BCUT2D eigenvalue weighted by molar-refractivity contribution is 4.92. The van der Waals surface area contributed by atoms with E-state index in [0.717, 1.165) is 6.42 Å². The van der Waals surface area contributed by atoms with E-state index in [9.17, 15) is 0 Å². The first-order chi connectivity index (χ1) is 12.1. The maximum Gasteiger partial charge on any atom is 0.163 e. The first-order valence-corrected chi connectivity index (χ1v) is 10.4. The maximum atomic E-state index is 6.59. The van der Waals surface area contributed by atoms with Crippen molar-refractivity contribution < 1.29 is 23.7 Å². The molecule has 4 unspecified atom stereocenters. The monoisotopic (exact) mass is 370 g/mol. The summed E-state index contributed by atoms with van der Waals surface area (Å²) >= 11 is 0. The van der Waals surface area contributed by atoms with E-state index in [1.165, 1.54) is 0 Å². The van der Waals surface area contributed by atoms with Crippen LogP contribution in [0.1, 0.15) is 61.8 Å². The molecule has 26 heavy (non-hydrogen) atoms. The quantitative estimate of drug-likeness (QED) is 0.752. The first-order valence-electron chi connectivity index (χ1n) is 10.4. The minimum Gasteiger partial charge on any atom is -0.372 e. The molecule has 3 aliphatic rings. The van der Waals surface area contributed by atoms with Gasteiger partial charge in [-0.25, -0.2) is 0 Å². The zero-order valence-corrected chi connectivity index (χ0v) is 17.7. The fraction of sp³-hybridized carbons (Fsp3) is 1.00. The van der Waals surface area contributed by atoms with Crippen molar-refractivity contribution in [3.05, 3.63) is 0 Å². The molecule has 3 rings (SSSR count). The highest BCUT2D eigenvalue weighted by atomic mass is 16.8. The molecule has 3 aliphatic heterocycles. The van der Waals surface area contributed by atoms with Gasteiger partial charge in [-0.15, -0.1) is 0 Å². The Kier molecular flexibility index (Phi) is 6.06. The second-order valence-corrected chi connectivity index (χ2v) is 9.16. The van der Waals surface area contributed by atoms with Crippen LogP contribution in [0.25, 0.3) is 0 Å². The summed E-state index contributed by atoms with van der Waals surface area (Å²) in [6, 6.07) is 0. The Labute approximate surface area is 159 Å². The normalized spacial score (nSPS) is 51.7. The van der Waals surface area contributed by atoms with Crippen molar-refractivity contribution in [2.24, 2.45) is 23.7 Å². The van der Waals surface area contributed by atoms with Crippen LogP contribution in [-0.4, -0.2) is 49.2 Å². The van der Waals surface area contributed by atoms with Gasteiger partial charge in [0.1, 0.15) is 6.10 Å². The lowest BCUT2D eigenvalue weighted by Crippen LogP contribution is -2.60. The molecule has 0 aliphatic carbocycles. The third-order valence-corrected chi connectivity index (χ3v) is 7.00. The third-order valence-electron chi connectivity index (χ3n) is 7.00.